The summed E-state index contributed by atoms with van der Waals surface area (Å²) < 4.78 is 5.70. The Morgan fingerprint density at radius 2 is 2.06 bits per heavy atom. The van der Waals surface area contributed by atoms with Gasteiger partial charge in [0.25, 0.3) is 0 Å². The zero-order valence-electron chi connectivity index (χ0n) is 10.6. The van der Waals surface area contributed by atoms with Crippen molar-refractivity contribution >= 4 is 5.95 Å². The number of aryl methyl sites for hydroxylation is 2. The van der Waals surface area contributed by atoms with Crippen molar-refractivity contribution in [3.63, 3.8) is 0 Å². The molecule has 0 radical (unpaired) electrons. The maximum atomic E-state index is 5.70. The second-order valence-electron chi connectivity index (χ2n) is 4.49. The van der Waals surface area contributed by atoms with Gasteiger partial charge in [0.05, 0.1) is 23.6 Å². The van der Waals surface area contributed by atoms with Crippen LogP contribution < -0.4 is 10.6 Å². The minimum Gasteiger partial charge on any atom is -0.370 e. The third-order valence-electron chi connectivity index (χ3n) is 2.95. The highest BCUT2D eigenvalue weighted by Crippen LogP contribution is 2.16. The number of ether oxygens (including phenoxy) is 1. The maximum absolute atomic E-state index is 5.70. The molecular formula is C11H19N5O. The highest BCUT2D eigenvalue weighted by Gasteiger charge is 2.26. The smallest absolute Gasteiger partial charge is 0.245 e. The first-order valence-electron chi connectivity index (χ1n) is 5.88. The molecule has 2 rings (SSSR count). The zero-order valence-corrected chi connectivity index (χ0v) is 10.6. The van der Waals surface area contributed by atoms with Gasteiger partial charge < -0.3 is 15.4 Å². The van der Waals surface area contributed by atoms with E-state index >= 15 is 0 Å². The van der Waals surface area contributed by atoms with Gasteiger partial charge in [0.2, 0.25) is 5.95 Å². The molecule has 1 fully saturated rings. The third kappa shape index (κ3) is 2.70. The van der Waals surface area contributed by atoms with Crippen molar-refractivity contribution in [1.29, 1.82) is 0 Å². The second kappa shape index (κ2) is 4.93. The van der Waals surface area contributed by atoms with Crippen LogP contribution in [0.15, 0.2) is 0 Å². The molecule has 1 aliphatic heterocycles. The summed E-state index contributed by atoms with van der Waals surface area (Å²) >= 11 is 0. The lowest BCUT2D eigenvalue weighted by Gasteiger charge is -2.36. The predicted octanol–water partition coefficient (Wildman–Crippen LogP) is 0.0408. The fraction of sp³-hybridized carbons (Fsp3) is 0.727. The fourth-order valence-electron chi connectivity index (χ4n) is 1.92. The minimum absolute atomic E-state index is 0.0453. The van der Waals surface area contributed by atoms with Crippen molar-refractivity contribution in [3.05, 3.63) is 11.4 Å². The number of hydrogen-bond donors (Lipinski definition) is 1. The van der Waals surface area contributed by atoms with Gasteiger partial charge in [-0.2, -0.15) is 5.10 Å². The van der Waals surface area contributed by atoms with E-state index in [4.69, 9.17) is 10.5 Å². The van der Waals surface area contributed by atoms with Gasteiger partial charge in [-0.1, -0.05) is 0 Å². The Morgan fingerprint density at radius 3 is 2.71 bits per heavy atom. The van der Waals surface area contributed by atoms with E-state index in [2.05, 4.69) is 20.1 Å². The first-order chi connectivity index (χ1) is 8.10. The highest BCUT2D eigenvalue weighted by molar-refractivity contribution is 5.31. The lowest BCUT2D eigenvalue weighted by molar-refractivity contribution is -0.0110. The van der Waals surface area contributed by atoms with E-state index in [1.165, 1.54) is 0 Å². The lowest BCUT2D eigenvalue weighted by atomic mass is 10.2. The van der Waals surface area contributed by atoms with E-state index in [0.717, 1.165) is 24.5 Å². The van der Waals surface area contributed by atoms with Gasteiger partial charge in [0, 0.05) is 19.6 Å². The number of anilines is 1. The summed E-state index contributed by atoms with van der Waals surface area (Å²) in [7, 11) is 0. The quantitative estimate of drug-likeness (QED) is 0.782. The molecule has 2 N–H and O–H groups in total. The SMILES string of the molecule is Cc1nnc(N2CC(C)OC(CN)C2)nc1C. The Kier molecular flexibility index (Phi) is 3.54. The van der Waals surface area contributed by atoms with Crippen molar-refractivity contribution in [3.8, 4) is 0 Å². The van der Waals surface area contributed by atoms with Crippen molar-refractivity contribution in [2.45, 2.75) is 33.0 Å². The van der Waals surface area contributed by atoms with Gasteiger partial charge in [-0.3, -0.25) is 0 Å². The first kappa shape index (κ1) is 12.2. The Balaban J connectivity index is 2.17. The molecule has 2 heterocycles. The van der Waals surface area contributed by atoms with Crippen molar-refractivity contribution in [2.75, 3.05) is 24.5 Å². The third-order valence-corrected chi connectivity index (χ3v) is 2.95. The molecule has 2 atom stereocenters. The van der Waals surface area contributed by atoms with Gasteiger partial charge in [-0.05, 0) is 20.8 Å². The predicted molar refractivity (Wildman–Crippen MR) is 64.9 cm³/mol. The number of morpholine rings is 1. The van der Waals surface area contributed by atoms with E-state index in [9.17, 15) is 0 Å². The van der Waals surface area contributed by atoms with E-state index in [1.54, 1.807) is 0 Å². The molecule has 1 aromatic rings. The van der Waals surface area contributed by atoms with Gasteiger partial charge in [-0.15, -0.1) is 5.10 Å². The van der Waals surface area contributed by atoms with Crippen molar-refractivity contribution in [1.82, 2.24) is 15.2 Å². The summed E-state index contributed by atoms with van der Waals surface area (Å²) in [5.41, 5.74) is 7.43. The monoisotopic (exact) mass is 237 g/mol. The molecule has 94 valence electrons. The molecule has 0 aromatic carbocycles. The molecular weight excluding hydrogens is 218 g/mol. The summed E-state index contributed by atoms with van der Waals surface area (Å²) in [5.74, 6) is 0.668. The second-order valence-corrected chi connectivity index (χ2v) is 4.49. The van der Waals surface area contributed by atoms with Gasteiger partial charge in [0.1, 0.15) is 0 Å². The van der Waals surface area contributed by atoms with Crippen LogP contribution in [0.3, 0.4) is 0 Å². The van der Waals surface area contributed by atoms with E-state index in [-0.39, 0.29) is 12.2 Å². The number of nitrogens with zero attached hydrogens (tertiary/aromatic N) is 4. The molecule has 2 unspecified atom stereocenters. The van der Waals surface area contributed by atoms with Crippen molar-refractivity contribution < 1.29 is 4.74 Å². The number of nitrogens with two attached hydrogens (primary N) is 1. The highest BCUT2D eigenvalue weighted by atomic mass is 16.5. The summed E-state index contributed by atoms with van der Waals surface area (Å²) in [4.78, 5) is 6.54. The largest absolute Gasteiger partial charge is 0.370 e. The molecule has 6 nitrogen and oxygen atoms in total. The van der Waals surface area contributed by atoms with Crippen LogP contribution in [0.25, 0.3) is 0 Å². The molecule has 0 aliphatic carbocycles. The topological polar surface area (TPSA) is 77.2 Å². The molecule has 17 heavy (non-hydrogen) atoms. The van der Waals surface area contributed by atoms with Gasteiger partial charge >= 0.3 is 0 Å². The molecule has 1 aromatic heterocycles. The lowest BCUT2D eigenvalue weighted by Crippen LogP contribution is -2.50. The molecule has 0 spiro atoms. The summed E-state index contributed by atoms with van der Waals surface area (Å²) in [5, 5.41) is 8.24. The van der Waals surface area contributed by atoms with Crippen LogP contribution in [0.5, 0.6) is 0 Å². The number of hydrogen-bond acceptors (Lipinski definition) is 6. The average Bonchev–Trinajstić information content (AvgIpc) is 2.32. The Bertz CT molecular complexity index is 397. The van der Waals surface area contributed by atoms with Crippen LogP contribution in [0, 0.1) is 13.8 Å². The Labute approximate surface area is 101 Å². The average molecular weight is 237 g/mol. The van der Waals surface area contributed by atoms with E-state index in [0.29, 0.717) is 12.5 Å². The molecule has 1 saturated heterocycles. The van der Waals surface area contributed by atoms with Crippen LogP contribution in [0.2, 0.25) is 0 Å². The minimum atomic E-state index is 0.0453. The zero-order chi connectivity index (χ0) is 12.4. The van der Waals surface area contributed by atoms with Crippen LogP contribution in [0.1, 0.15) is 18.3 Å². The molecule has 6 heteroatoms. The Hall–Kier alpha value is -1.27. The molecule has 0 saturated carbocycles. The molecule has 0 bridgehead atoms. The summed E-state index contributed by atoms with van der Waals surface area (Å²) in [6.45, 7) is 7.90. The van der Waals surface area contributed by atoms with Crippen LogP contribution >= 0.6 is 0 Å². The summed E-state index contributed by atoms with van der Waals surface area (Å²) in [6, 6.07) is 0. The molecule has 0 amide bonds. The standard InChI is InChI=1S/C11H19N5O/c1-7-5-16(6-10(4-12)17-7)11-13-8(2)9(3)14-15-11/h7,10H,4-6,12H2,1-3H3. The number of rotatable bonds is 2. The molecule has 1 aliphatic rings. The first-order valence-corrected chi connectivity index (χ1v) is 5.88. The van der Waals surface area contributed by atoms with Gasteiger partial charge in [-0.25, -0.2) is 4.98 Å². The van der Waals surface area contributed by atoms with Gasteiger partial charge in [0.15, 0.2) is 0 Å². The fourth-order valence-corrected chi connectivity index (χ4v) is 1.92. The summed E-state index contributed by atoms with van der Waals surface area (Å²) in [6.07, 6.45) is 0.187. The van der Waals surface area contributed by atoms with Crippen LogP contribution in [-0.4, -0.2) is 47.0 Å². The maximum Gasteiger partial charge on any atom is 0.245 e. The Morgan fingerprint density at radius 1 is 1.29 bits per heavy atom. The van der Waals surface area contributed by atoms with Crippen molar-refractivity contribution in [2.24, 2.45) is 5.73 Å². The van der Waals surface area contributed by atoms with E-state index < -0.39 is 0 Å². The van der Waals surface area contributed by atoms with Crippen LogP contribution in [0.4, 0.5) is 5.95 Å². The van der Waals surface area contributed by atoms with E-state index in [1.807, 2.05) is 20.8 Å². The normalized spacial score (nSPS) is 25.1. The number of aromatic nitrogens is 3. The van der Waals surface area contributed by atoms with Crippen LogP contribution in [-0.2, 0) is 4.74 Å².